The number of aryl methyl sites for hydroxylation is 1. The number of halogens is 2. The summed E-state index contributed by atoms with van der Waals surface area (Å²) in [6, 6.07) is 21.7. The van der Waals surface area contributed by atoms with Gasteiger partial charge in [0.25, 0.3) is 0 Å². The van der Waals surface area contributed by atoms with Gasteiger partial charge in [0.1, 0.15) is 17.5 Å². The number of benzene rings is 3. The standard InChI is InChI=1S/C23H19F2N3S/c1-16-7-5-6-10-21(16)28-22(13-17-8-3-2-4-9-17)26-27-23(28)29-15-18-11-19(24)14-20(25)12-18/h2-12,14H,13,15H2,1H3. The first-order valence-corrected chi connectivity index (χ1v) is 10.2. The van der Waals surface area contributed by atoms with Crippen molar-refractivity contribution in [1.29, 1.82) is 0 Å². The third-order valence-corrected chi connectivity index (χ3v) is 5.55. The first kappa shape index (κ1) is 19.3. The molecule has 0 N–H and O–H groups in total. The predicted octanol–water partition coefficient (Wildman–Crippen LogP) is 5.74. The van der Waals surface area contributed by atoms with E-state index >= 15 is 0 Å². The van der Waals surface area contributed by atoms with Gasteiger partial charge in [-0.25, -0.2) is 8.78 Å². The Hall–Kier alpha value is -2.99. The maximum absolute atomic E-state index is 13.5. The van der Waals surface area contributed by atoms with Crippen LogP contribution in [0.25, 0.3) is 5.69 Å². The number of rotatable bonds is 6. The fraction of sp³-hybridized carbons (Fsp3) is 0.130. The number of aromatic nitrogens is 3. The molecule has 0 atom stereocenters. The zero-order valence-corrected chi connectivity index (χ0v) is 16.7. The zero-order chi connectivity index (χ0) is 20.2. The summed E-state index contributed by atoms with van der Waals surface area (Å²) in [7, 11) is 0. The third-order valence-electron chi connectivity index (χ3n) is 4.55. The van der Waals surface area contributed by atoms with Crippen molar-refractivity contribution in [1.82, 2.24) is 14.8 Å². The van der Waals surface area contributed by atoms with Crippen LogP contribution in [0, 0.1) is 18.6 Å². The van der Waals surface area contributed by atoms with Crippen LogP contribution < -0.4 is 0 Å². The second-order valence-corrected chi connectivity index (χ2v) is 7.69. The Morgan fingerprint density at radius 2 is 1.52 bits per heavy atom. The summed E-state index contributed by atoms with van der Waals surface area (Å²) in [4.78, 5) is 0. The van der Waals surface area contributed by atoms with Crippen molar-refractivity contribution in [3.63, 3.8) is 0 Å². The molecular weight excluding hydrogens is 388 g/mol. The van der Waals surface area contributed by atoms with Crippen LogP contribution in [0.3, 0.4) is 0 Å². The van der Waals surface area contributed by atoms with Gasteiger partial charge in [0.2, 0.25) is 0 Å². The molecule has 0 aliphatic heterocycles. The molecule has 4 aromatic rings. The normalized spacial score (nSPS) is 11.0. The van der Waals surface area contributed by atoms with E-state index in [4.69, 9.17) is 0 Å². The Morgan fingerprint density at radius 3 is 2.24 bits per heavy atom. The van der Waals surface area contributed by atoms with Crippen molar-refractivity contribution in [2.45, 2.75) is 24.3 Å². The van der Waals surface area contributed by atoms with Gasteiger partial charge in [0, 0.05) is 18.2 Å². The Balaban J connectivity index is 1.69. The molecule has 0 radical (unpaired) electrons. The first-order valence-electron chi connectivity index (χ1n) is 9.22. The van der Waals surface area contributed by atoms with E-state index in [1.807, 2.05) is 54.0 Å². The number of hydrogen-bond donors (Lipinski definition) is 0. The quantitative estimate of drug-likeness (QED) is 0.382. The highest BCUT2D eigenvalue weighted by Gasteiger charge is 2.16. The van der Waals surface area contributed by atoms with Crippen LogP contribution in [-0.2, 0) is 12.2 Å². The Kier molecular flexibility index (Phi) is 5.71. The monoisotopic (exact) mass is 407 g/mol. The predicted molar refractivity (Wildman–Crippen MR) is 111 cm³/mol. The van der Waals surface area contributed by atoms with Gasteiger partial charge in [0.05, 0.1) is 5.69 Å². The highest BCUT2D eigenvalue weighted by molar-refractivity contribution is 7.98. The maximum atomic E-state index is 13.5. The lowest BCUT2D eigenvalue weighted by atomic mass is 10.1. The van der Waals surface area contributed by atoms with Crippen LogP contribution in [0.2, 0.25) is 0 Å². The second-order valence-electron chi connectivity index (χ2n) is 6.75. The lowest BCUT2D eigenvalue weighted by molar-refractivity contribution is 0.581. The van der Waals surface area contributed by atoms with Crippen LogP contribution in [0.1, 0.15) is 22.5 Å². The van der Waals surface area contributed by atoms with E-state index < -0.39 is 11.6 Å². The van der Waals surface area contributed by atoms with E-state index in [1.165, 1.54) is 23.9 Å². The van der Waals surface area contributed by atoms with E-state index in [2.05, 4.69) is 22.3 Å². The summed E-state index contributed by atoms with van der Waals surface area (Å²) in [5.74, 6) is 0.0548. The van der Waals surface area contributed by atoms with Crippen molar-refractivity contribution in [2.75, 3.05) is 0 Å². The van der Waals surface area contributed by atoms with E-state index in [-0.39, 0.29) is 0 Å². The molecule has 0 bridgehead atoms. The summed E-state index contributed by atoms with van der Waals surface area (Å²) >= 11 is 1.41. The molecule has 1 aromatic heterocycles. The Bertz CT molecular complexity index is 1110. The molecule has 29 heavy (non-hydrogen) atoms. The molecule has 0 saturated carbocycles. The highest BCUT2D eigenvalue weighted by Crippen LogP contribution is 2.28. The molecule has 0 aliphatic rings. The van der Waals surface area contributed by atoms with E-state index in [1.54, 1.807) is 0 Å². The summed E-state index contributed by atoms with van der Waals surface area (Å²) in [6.45, 7) is 2.04. The summed E-state index contributed by atoms with van der Waals surface area (Å²) in [6.07, 6.45) is 0.636. The van der Waals surface area contributed by atoms with E-state index in [9.17, 15) is 8.78 Å². The molecule has 1 heterocycles. The Morgan fingerprint density at radius 1 is 0.828 bits per heavy atom. The molecule has 6 heteroatoms. The highest BCUT2D eigenvalue weighted by atomic mass is 32.2. The first-order chi connectivity index (χ1) is 14.1. The molecule has 0 saturated heterocycles. The van der Waals surface area contributed by atoms with Crippen LogP contribution >= 0.6 is 11.8 Å². The molecule has 0 amide bonds. The van der Waals surface area contributed by atoms with Gasteiger partial charge in [-0.05, 0) is 41.8 Å². The fourth-order valence-electron chi connectivity index (χ4n) is 3.19. The molecular formula is C23H19F2N3S. The van der Waals surface area contributed by atoms with E-state index in [0.717, 1.165) is 28.7 Å². The molecule has 0 aliphatic carbocycles. The minimum absolute atomic E-state index is 0.393. The van der Waals surface area contributed by atoms with Crippen molar-refractivity contribution in [3.05, 3.63) is 107 Å². The zero-order valence-electron chi connectivity index (χ0n) is 15.8. The molecule has 4 rings (SSSR count). The number of hydrogen-bond acceptors (Lipinski definition) is 3. The maximum Gasteiger partial charge on any atom is 0.196 e. The second kappa shape index (κ2) is 8.57. The third kappa shape index (κ3) is 4.54. The summed E-state index contributed by atoms with van der Waals surface area (Å²) in [5.41, 5.74) is 3.80. The molecule has 3 aromatic carbocycles. The van der Waals surface area contributed by atoms with Crippen molar-refractivity contribution < 1.29 is 8.78 Å². The average molecular weight is 407 g/mol. The average Bonchev–Trinajstić information content (AvgIpc) is 3.09. The topological polar surface area (TPSA) is 30.7 Å². The number of para-hydroxylation sites is 1. The lowest BCUT2D eigenvalue weighted by Gasteiger charge is -2.13. The molecule has 146 valence electrons. The SMILES string of the molecule is Cc1ccccc1-n1c(Cc2ccccc2)nnc1SCc1cc(F)cc(F)c1. The van der Waals surface area contributed by atoms with Gasteiger partial charge in [-0.1, -0.05) is 60.3 Å². The van der Waals surface area contributed by atoms with Gasteiger partial charge in [-0.15, -0.1) is 10.2 Å². The number of nitrogens with zero attached hydrogens (tertiary/aromatic N) is 3. The minimum Gasteiger partial charge on any atom is -0.273 e. The number of thioether (sulfide) groups is 1. The van der Waals surface area contributed by atoms with Crippen LogP contribution in [0.5, 0.6) is 0 Å². The minimum atomic E-state index is -0.578. The molecule has 3 nitrogen and oxygen atoms in total. The van der Waals surface area contributed by atoms with Gasteiger partial charge < -0.3 is 0 Å². The summed E-state index contributed by atoms with van der Waals surface area (Å²) in [5, 5.41) is 9.49. The van der Waals surface area contributed by atoms with Gasteiger partial charge in [-0.2, -0.15) is 0 Å². The van der Waals surface area contributed by atoms with Crippen LogP contribution in [-0.4, -0.2) is 14.8 Å². The van der Waals surface area contributed by atoms with Crippen molar-refractivity contribution in [3.8, 4) is 5.69 Å². The lowest BCUT2D eigenvalue weighted by Crippen LogP contribution is -2.05. The van der Waals surface area contributed by atoms with Crippen LogP contribution in [0.4, 0.5) is 8.78 Å². The molecule has 0 unspecified atom stereocenters. The smallest absolute Gasteiger partial charge is 0.196 e. The molecule has 0 spiro atoms. The Labute approximate surface area is 172 Å². The largest absolute Gasteiger partial charge is 0.273 e. The van der Waals surface area contributed by atoms with E-state index in [0.29, 0.717) is 22.9 Å². The fourth-order valence-corrected chi connectivity index (χ4v) is 4.08. The van der Waals surface area contributed by atoms with Crippen LogP contribution in [0.15, 0.2) is 78.0 Å². The van der Waals surface area contributed by atoms with Gasteiger partial charge >= 0.3 is 0 Å². The molecule has 0 fully saturated rings. The van der Waals surface area contributed by atoms with Gasteiger partial charge in [0.15, 0.2) is 5.16 Å². The van der Waals surface area contributed by atoms with Gasteiger partial charge in [-0.3, -0.25) is 4.57 Å². The van der Waals surface area contributed by atoms with Crippen molar-refractivity contribution in [2.24, 2.45) is 0 Å². The summed E-state index contributed by atoms with van der Waals surface area (Å²) < 4.78 is 29.1. The van der Waals surface area contributed by atoms with Crippen molar-refractivity contribution >= 4 is 11.8 Å².